The van der Waals surface area contributed by atoms with E-state index in [0.29, 0.717) is 29.5 Å². The summed E-state index contributed by atoms with van der Waals surface area (Å²) >= 11 is 0. The Kier molecular flexibility index (Phi) is 3.48. The van der Waals surface area contributed by atoms with Crippen molar-refractivity contribution in [3.8, 4) is 0 Å². The van der Waals surface area contributed by atoms with Gasteiger partial charge >= 0.3 is 5.97 Å². The molecule has 1 atom stereocenters. The van der Waals surface area contributed by atoms with Gasteiger partial charge in [-0.3, -0.25) is 0 Å². The van der Waals surface area contributed by atoms with Gasteiger partial charge in [0.1, 0.15) is 17.1 Å². The van der Waals surface area contributed by atoms with Gasteiger partial charge in [-0.2, -0.15) is 0 Å². The Morgan fingerprint density at radius 3 is 2.83 bits per heavy atom. The maximum atomic E-state index is 10.9. The fourth-order valence-corrected chi connectivity index (χ4v) is 2.77. The highest BCUT2D eigenvalue weighted by molar-refractivity contribution is 5.88. The molecular weight excluding hydrogens is 230 g/mol. The maximum absolute atomic E-state index is 10.9. The van der Waals surface area contributed by atoms with Gasteiger partial charge in [0, 0.05) is 6.04 Å². The summed E-state index contributed by atoms with van der Waals surface area (Å²) in [5.41, 5.74) is 0.578. The Morgan fingerprint density at radius 2 is 2.33 bits per heavy atom. The summed E-state index contributed by atoms with van der Waals surface area (Å²) in [6.45, 7) is 6.83. The van der Waals surface area contributed by atoms with Crippen LogP contribution in [-0.4, -0.2) is 17.1 Å². The molecule has 18 heavy (non-hydrogen) atoms. The lowest BCUT2D eigenvalue weighted by Gasteiger charge is -2.27. The van der Waals surface area contributed by atoms with Crippen LogP contribution in [0.3, 0.4) is 0 Å². The number of hydrogen-bond donors (Lipinski definition) is 2. The fourth-order valence-electron chi connectivity index (χ4n) is 2.77. The molecule has 1 aliphatic carbocycles. The first-order valence-electron chi connectivity index (χ1n) is 6.46. The third kappa shape index (κ3) is 2.58. The number of aryl methyl sites for hydroxylation is 1. The number of carbonyl (C=O) groups is 1. The van der Waals surface area contributed by atoms with E-state index in [9.17, 15) is 4.79 Å². The van der Waals surface area contributed by atoms with Crippen LogP contribution in [0.4, 0.5) is 0 Å². The van der Waals surface area contributed by atoms with Crippen molar-refractivity contribution in [3.05, 3.63) is 23.2 Å². The molecule has 1 aromatic rings. The summed E-state index contributed by atoms with van der Waals surface area (Å²) < 4.78 is 5.46. The quantitative estimate of drug-likeness (QED) is 0.863. The third-order valence-electron chi connectivity index (χ3n) is 3.98. The minimum absolute atomic E-state index is 0.262. The van der Waals surface area contributed by atoms with Crippen molar-refractivity contribution in [1.29, 1.82) is 0 Å². The van der Waals surface area contributed by atoms with Gasteiger partial charge in [-0.15, -0.1) is 0 Å². The average Bonchev–Trinajstić information content (AvgIpc) is 2.78. The van der Waals surface area contributed by atoms with Crippen molar-refractivity contribution in [2.24, 2.45) is 5.41 Å². The largest absolute Gasteiger partial charge is 0.478 e. The summed E-state index contributed by atoms with van der Waals surface area (Å²) in [5, 5.41) is 12.4. The van der Waals surface area contributed by atoms with Crippen LogP contribution in [0.2, 0.25) is 0 Å². The SMILES string of the molecule is Cc1oc(CNC2CCCC2(C)C)cc1C(=O)O. The summed E-state index contributed by atoms with van der Waals surface area (Å²) in [5.74, 6) is 0.251. The second-order valence-electron chi connectivity index (χ2n) is 5.80. The van der Waals surface area contributed by atoms with E-state index in [2.05, 4.69) is 19.2 Å². The first-order chi connectivity index (χ1) is 8.40. The molecule has 4 heteroatoms. The van der Waals surface area contributed by atoms with Crippen LogP contribution in [0, 0.1) is 12.3 Å². The highest BCUT2D eigenvalue weighted by Crippen LogP contribution is 2.37. The highest BCUT2D eigenvalue weighted by Gasteiger charge is 2.34. The molecule has 100 valence electrons. The monoisotopic (exact) mass is 251 g/mol. The molecule has 0 aromatic carbocycles. The number of hydrogen-bond acceptors (Lipinski definition) is 3. The molecule has 1 aliphatic rings. The van der Waals surface area contributed by atoms with E-state index in [4.69, 9.17) is 9.52 Å². The van der Waals surface area contributed by atoms with E-state index >= 15 is 0 Å². The zero-order valence-electron chi connectivity index (χ0n) is 11.2. The lowest BCUT2D eigenvalue weighted by molar-refractivity contribution is 0.0695. The van der Waals surface area contributed by atoms with E-state index in [0.717, 1.165) is 0 Å². The number of aromatic carboxylic acids is 1. The van der Waals surface area contributed by atoms with E-state index < -0.39 is 5.97 Å². The molecule has 1 fully saturated rings. The Bertz CT molecular complexity index is 448. The Hall–Kier alpha value is -1.29. The Labute approximate surface area is 107 Å². The Morgan fingerprint density at radius 1 is 1.61 bits per heavy atom. The number of furan rings is 1. The molecular formula is C14H21NO3. The normalized spacial score (nSPS) is 22.3. The standard InChI is InChI=1S/C14H21NO3/c1-9-11(13(16)17)7-10(18-9)8-15-12-5-4-6-14(12,2)3/h7,12,15H,4-6,8H2,1-3H3,(H,16,17). The molecule has 1 aromatic heterocycles. The van der Waals surface area contributed by atoms with Crippen LogP contribution in [0.25, 0.3) is 0 Å². The van der Waals surface area contributed by atoms with E-state index in [1.165, 1.54) is 19.3 Å². The molecule has 4 nitrogen and oxygen atoms in total. The second-order valence-corrected chi connectivity index (χ2v) is 5.80. The van der Waals surface area contributed by atoms with Crippen molar-refractivity contribution < 1.29 is 14.3 Å². The Balaban J connectivity index is 1.98. The number of carboxylic acids is 1. The van der Waals surface area contributed by atoms with E-state index in [1.807, 2.05) is 0 Å². The van der Waals surface area contributed by atoms with Gasteiger partial charge < -0.3 is 14.8 Å². The molecule has 0 saturated heterocycles. The number of rotatable bonds is 4. The van der Waals surface area contributed by atoms with Crippen LogP contribution in [-0.2, 0) is 6.54 Å². The van der Waals surface area contributed by atoms with Gasteiger partial charge in [0.05, 0.1) is 6.54 Å². The average molecular weight is 251 g/mol. The molecule has 2 rings (SSSR count). The summed E-state index contributed by atoms with van der Waals surface area (Å²) in [7, 11) is 0. The molecule has 0 spiro atoms. The van der Waals surface area contributed by atoms with E-state index in [-0.39, 0.29) is 5.56 Å². The summed E-state index contributed by atoms with van der Waals surface area (Å²) in [6.07, 6.45) is 3.67. The van der Waals surface area contributed by atoms with Crippen molar-refractivity contribution >= 4 is 5.97 Å². The first kappa shape index (κ1) is 13.1. The summed E-state index contributed by atoms with van der Waals surface area (Å²) in [6, 6.07) is 2.10. The van der Waals surface area contributed by atoms with Crippen molar-refractivity contribution in [2.75, 3.05) is 0 Å². The van der Waals surface area contributed by atoms with Gasteiger partial charge in [0.25, 0.3) is 0 Å². The van der Waals surface area contributed by atoms with Crippen LogP contribution >= 0.6 is 0 Å². The van der Waals surface area contributed by atoms with Crippen LogP contribution in [0.15, 0.2) is 10.5 Å². The van der Waals surface area contributed by atoms with Gasteiger partial charge in [-0.05, 0) is 31.2 Å². The minimum atomic E-state index is -0.927. The smallest absolute Gasteiger partial charge is 0.339 e. The maximum Gasteiger partial charge on any atom is 0.339 e. The zero-order valence-corrected chi connectivity index (χ0v) is 11.2. The van der Waals surface area contributed by atoms with Crippen LogP contribution in [0.5, 0.6) is 0 Å². The van der Waals surface area contributed by atoms with Crippen molar-refractivity contribution in [3.63, 3.8) is 0 Å². The lowest BCUT2D eigenvalue weighted by atomic mass is 9.87. The lowest BCUT2D eigenvalue weighted by Crippen LogP contribution is -2.37. The van der Waals surface area contributed by atoms with E-state index in [1.54, 1.807) is 13.0 Å². The van der Waals surface area contributed by atoms with Crippen molar-refractivity contribution in [2.45, 2.75) is 52.6 Å². The predicted molar refractivity (Wildman–Crippen MR) is 68.7 cm³/mol. The molecule has 1 heterocycles. The topological polar surface area (TPSA) is 62.5 Å². The molecule has 0 amide bonds. The molecule has 1 unspecified atom stereocenters. The highest BCUT2D eigenvalue weighted by atomic mass is 16.4. The third-order valence-corrected chi connectivity index (χ3v) is 3.98. The predicted octanol–water partition coefficient (Wildman–Crippen LogP) is 2.95. The zero-order chi connectivity index (χ0) is 13.3. The first-order valence-corrected chi connectivity index (χ1v) is 6.46. The molecule has 0 bridgehead atoms. The van der Waals surface area contributed by atoms with Crippen LogP contribution < -0.4 is 5.32 Å². The van der Waals surface area contributed by atoms with Gasteiger partial charge in [-0.1, -0.05) is 20.3 Å². The fraction of sp³-hybridized carbons (Fsp3) is 0.643. The molecule has 1 saturated carbocycles. The minimum Gasteiger partial charge on any atom is -0.478 e. The molecule has 0 aliphatic heterocycles. The van der Waals surface area contributed by atoms with Gasteiger partial charge in [-0.25, -0.2) is 4.79 Å². The van der Waals surface area contributed by atoms with Crippen LogP contribution in [0.1, 0.15) is 55.0 Å². The number of carboxylic acid groups (broad SMARTS) is 1. The van der Waals surface area contributed by atoms with Gasteiger partial charge in [0.2, 0.25) is 0 Å². The summed E-state index contributed by atoms with van der Waals surface area (Å²) in [4.78, 5) is 10.9. The molecule has 0 radical (unpaired) electrons. The number of nitrogens with one attached hydrogen (secondary N) is 1. The van der Waals surface area contributed by atoms with Crippen molar-refractivity contribution in [1.82, 2.24) is 5.32 Å². The van der Waals surface area contributed by atoms with Gasteiger partial charge in [0.15, 0.2) is 0 Å². The molecule has 2 N–H and O–H groups in total. The second kappa shape index (κ2) is 4.76.